The summed E-state index contributed by atoms with van der Waals surface area (Å²) in [7, 11) is 0. The molecule has 1 aliphatic heterocycles. The van der Waals surface area contributed by atoms with E-state index in [1.54, 1.807) is 0 Å². The van der Waals surface area contributed by atoms with Crippen molar-refractivity contribution < 1.29 is 5.11 Å². The molecule has 1 atom stereocenters. The molecular formula is C13H29N3O. The standard InChI is InChI=1S/C13H29N3O/c1-3-5-8-15(4-2)11-13(17)12-16-9-6-14-7-10-16/h13-14,17H,3-12H2,1-2H3/t13-/m0/s1. The van der Waals surface area contributed by atoms with Crippen LogP contribution in [0.15, 0.2) is 0 Å². The van der Waals surface area contributed by atoms with Gasteiger partial charge in [-0.3, -0.25) is 4.90 Å². The van der Waals surface area contributed by atoms with Crippen LogP contribution in [-0.2, 0) is 0 Å². The fourth-order valence-electron chi connectivity index (χ4n) is 2.31. The van der Waals surface area contributed by atoms with E-state index in [2.05, 4.69) is 29.0 Å². The number of aliphatic hydroxyl groups excluding tert-OH is 1. The zero-order chi connectivity index (χ0) is 12.5. The summed E-state index contributed by atoms with van der Waals surface area (Å²) in [5.74, 6) is 0. The van der Waals surface area contributed by atoms with Crippen molar-refractivity contribution in [3.63, 3.8) is 0 Å². The Morgan fingerprint density at radius 3 is 2.59 bits per heavy atom. The first-order chi connectivity index (χ1) is 8.26. The summed E-state index contributed by atoms with van der Waals surface area (Å²) < 4.78 is 0. The number of unbranched alkanes of at least 4 members (excludes halogenated alkanes) is 1. The van der Waals surface area contributed by atoms with Gasteiger partial charge in [0.25, 0.3) is 0 Å². The number of nitrogens with one attached hydrogen (secondary N) is 1. The number of hydrogen-bond acceptors (Lipinski definition) is 4. The highest BCUT2D eigenvalue weighted by molar-refractivity contribution is 4.73. The summed E-state index contributed by atoms with van der Waals surface area (Å²) in [5, 5.41) is 13.4. The van der Waals surface area contributed by atoms with Crippen molar-refractivity contribution in [1.82, 2.24) is 15.1 Å². The van der Waals surface area contributed by atoms with Gasteiger partial charge in [-0.05, 0) is 19.5 Å². The van der Waals surface area contributed by atoms with Gasteiger partial charge in [-0.1, -0.05) is 20.3 Å². The minimum Gasteiger partial charge on any atom is -0.390 e. The molecule has 0 aromatic rings. The van der Waals surface area contributed by atoms with Crippen molar-refractivity contribution in [2.24, 2.45) is 0 Å². The van der Waals surface area contributed by atoms with E-state index in [0.717, 1.165) is 52.4 Å². The van der Waals surface area contributed by atoms with Gasteiger partial charge in [-0.2, -0.15) is 0 Å². The van der Waals surface area contributed by atoms with Crippen molar-refractivity contribution >= 4 is 0 Å². The van der Waals surface area contributed by atoms with E-state index in [4.69, 9.17) is 0 Å². The third-order valence-corrected chi connectivity index (χ3v) is 3.42. The Morgan fingerprint density at radius 1 is 1.29 bits per heavy atom. The van der Waals surface area contributed by atoms with Gasteiger partial charge in [-0.25, -0.2) is 0 Å². The second-order valence-corrected chi connectivity index (χ2v) is 4.95. The summed E-state index contributed by atoms with van der Waals surface area (Å²) in [4.78, 5) is 4.71. The monoisotopic (exact) mass is 243 g/mol. The average molecular weight is 243 g/mol. The molecule has 0 aliphatic carbocycles. The van der Waals surface area contributed by atoms with Crippen LogP contribution >= 0.6 is 0 Å². The zero-order valence-electron chi connectivity index (χ0n) is 11.5. The van der Waals surface area contributed by atoms with Crippen molar-refractivity contribution in [1.29, 1.82) is 0 Å². The van der Waals surface area contributed by atoms with Crippen LogP contribution in [0.5, 0.6) is 0 Å². The number of rotatable bonds is 8. The summed E-state index contributed by atoms with van der Waals surface area (Å²) in [6.45, 7) is 12.4. The zero-order valence-corrected chi connectivity index (χ0v) is 11.5. The first-order valence-electron chi connectivity index (χ1n) is 7.09. The van der Waals surface area contributed by atoms with E-state index in [1.165, 1.54) is 12.8 Å². The van der Waals surface area contributed by atoms with E-state index in [-0.39, 0.29) is 6.10 Å². The maximum atomic E-state index is 10.1. The Morgan fingerprint density at radius 2 is 2.00 bits per heavy atom. The normalized spacial score (nSPS) is 19.8. The van der Waals surface area contributed by atoms with Gasteiger partial charge in [-0.15, -0.1) is 0 Å². The molecule has 0 saturated carbocycles. The van der Waals surface area contributed by atoms with Crippen LogP contribution in [0.1, 0.15) is 26.7 Å². The van der Waals surface area contributed by atoms with Crippen molar-refractivity contribution in [3.8, 4) is 0 Å². The second kappa shape index (κ2) is 8.86. The predicted molar refractivity (Wildman–Crippen MR) is 72.3 cm³/mol. The summed E-state index contributed by atoms with van der Waals surface area (Å²) in [6, 6.07) is 0. The predicted octanol–water partition coefficient (Wildman–Crippen LogP) is 0.375. The Kier molecular flexibility index (Phi) is 7.77. The SMILES string of the molecule is CCCCN(CC)C[C@H](O)CN1CCNCC1. The topological polar surface area (TPSA) is 38.7 Å². The number of aliphatic hydroxyl groups is 1. The number of piperazine rings is 1. The molecule has 0 unspecified atom stereocenters. The van der Waals surface area contributed by atoms with Crippen molar-refractivity contribution in [3.05, 3.63) is 0 Å². The Balaban J connectivity index is 2.18. The largest absolute Gasteiger partial charge is 0.390 e. The third-order valence-electron chi connectivity index (χ3n) is 3.42. The molecule has 1 heterocycles. The molecule has 0 aromatic carbocycles. The van der Waals surface area contributed by atoms with Gasteiger partial charge in [0.2, 0.25) is 0 Å². The highest BCUT2D eigenvalue weighted by Crippen LogP contribution is 2.00. The first kappa shape index (κ1) is 14.9. The molecule has 0 aromatic heterocycles. The fourth-order valence-corrected chi connectivity index (χ4v) is 2.31. The Bertz CT molecular complexity index is 184. The molecular weight excluding hydrogens is 214 g/mol. The summed E-state index contributed by atoms with van der Waals surface area (Å²) >= 11 is 0. The van der Waals surface area contributed by atoms with Crippen molar-refractivity contribution in [2.45, 2.75) is 32.8 Å². The lowest BCUT2D eigenvalue weighted by Gasteiger charge is -2.31. The smallest absolute Gasteiger partial charge is 0.0793 e. The lowest BCUT2D eigenvalue weighted by molar-refractivity contribution is 0.0705. The van der Waals surface area contributed by atoms with Gasteiger partial charge in [0, 0.05) is 39.3 Å². The number of β-amino-alcohol motifs (C(OH)–C–C–N with tert-alkyl or cyclic N) is 1. The summed E-state index contributed by atoms with van der Waals surface area (Å²) in [5.41, 5.74) is 0. The van der Waals surface area contributed by atoms with Gasteiger partial charge in [0.1, 0.15) is 0 Å². The molecule has 17 heavy (non-hydrogen) atoms. The van der Waals surface area contributed by atoms with Crippen LogP contribution in [0, 0.1) is 0 Å². The van der Waals surface area contributed by atoms with Crippen LogP contribution < -0.4 is 5.32 Å². The van der Waals surface area contributed by atoms with Crippen LogP contribution in [0.3, 0.4) is 0 Å². The molecule has 0 radical (unpaired) electrons. The lowest BCUT2D eigenvalue weighted by Crippen LogP contribution is -2.48. The van der Waals surface area contributed by atoms with Gasteiger partial charge < -0.3 is 15.3 Å². The maximum Gasteiger partial charge on any atom is 0.0793 e. The van der Waals surface area contributed by atoms with Gasteiger partial charge in [0.15, 0.2) is 0 Å². The van der Waals surface area contributed by atoms with Crippen LogP contribution in [0.25, 0.3) is 0 Å². The number of hydrogen-bond donors (Lipinski definition) is 2. The number of likely N-dealkylation sites (N-methyl/N-ethyl adjacent to an activating group) is 1. The van der Waals surface area contributed by atoms with Crippen LogP contribution in [0.2, 0.25) is 0 Å². The third kappa shape index (κ3) is 6.36. The molecule has 1 rings (SSSR count). The number of nitrogens with zero attached hydrogens (tertiary/aromatic N) is 2. The molecule has 2 N–H and O–H groups in total. The minimum atomic E-state index is -0.204. The molecule has 102 valence electrons. The molecule has 0 amide bonds. The Hall–Kier alpha value is -0.160. The highest BCUT2D eigenvalue weighted by Gasteiger charge is 2.16. The van der Waals surface area contributed by atoms with E-state index in [0.29, 0.717) is 0 Å². The molecule has 1 aliphatic rings. The molecule has 4 nitrogen and oxygen atoms in total. The van der Waals surface area contributed by atoms with Crippen LogP contribution in [0.4, 0.5) is 0 Å². The first-order valence-corrected chi connectivity index (χ1v) is 7.09. The summed E-state index contributed by atoms with van der Waals surface area (Å²) in [6.07, 6.45) is 2.25. The molecule has 0 bridgehead atoms. The molecule has 1 saturated heterocycles. The van der Waals surface area contributed by atoms with Gasteiger partial charge >= 0.3 is 0 Å². The van der Waals surface area contributed by atoms with E-state index in [9.17, 15) is 5.11 Å². The van der Waals surface area contributed by atoms with Gasteiger partial charge in [0.05, 0.1) is 6.10 Å². The van der Waals surface area contributed by atoms with Crippen molar-refractivity contribution in [2.75, 3.05) is 52.4 Å². The lowest BCUT2D eigenvalue weighted by atomic mass is 10.2. The quantitative estimate of drug-likeness (QED) is 0.646. The molecule has 1 fully saturated rings. The maximum absolute atomic E-state index is 10.1. The Labute approximate surface area is 106 Å². The average Bonchev–Trinajstić information content (AvgIpc) is 2.35. The minimum absolute atomic E-state index is 0.204. The molecule has 4 heteroatoms. The van der Waals surface area contributed by atoms with Crippen LogP contribution in [-0.4, -0.2) is 73.4 Å². The molecule has 0 spiro atoms. The highest BCUT2D eigenvalue weighted by atomic mass is 16.3. The van der Waals surface area contributed by atoms with E-state index >= 15 is 0 Å². The van der Waals surface area contributed by atoms with E-state index in [1.807, 2.05) is 0 Å². The fraction of sp³-hybridized carbons (Fsp3) is 1.00. The second-order valence-electron chi connectivity index (χ2n) is 4.95. The van der Waals surface area contributed by atoms with E-state index < -0.39 is 0 Å².